The molecule has 1 aliphatic rings. The predicted octanol–water partition coefficient (Wildman–Crippen LogP) is 2.16. The van der Waals surface area contributed by atoms with E-state index < -0.39 is 0 Å². The lowest BCUT2D eigenvalue weighted by atomic mass is 10.0. The van der Waals surface area contributed by atoms with Gasteiger partial charge in [0.05, 0.1) is 5.69 Å². The molecule has 0 spiro atoms. The van der Waals surface area contributed by atoms with Crippen molar-refractivity contribution in [2.24, 2.45) is 0 Å². The molecule has 2 aromatic rings. The molecule has 0 bridgehead atoms. The maximum absolute atomic E-state index is 12.9. The van der Waals surface area contributed by atoms with Crippen LogP contribution >= 0.6 is 0 Å². The van der Waals surface area contributed by atoms with E-state index in [2.05, 4.69) is 10.5 Å². The summed E-state index contributed by atoms with van der Waals surface area (Å²) in [5.74, 6) is -0.549. The zero-order valence-electron chi connectivity index (χ0n) is 13.3. The van der Waals surface area contributed by atoms with Crippen molar-refractivity contribution in [2.45, 2.75) is 25.8 Å². The fourth-order valence-electron chi connectivity index (χ4n) is 2.72. The van der Waals surface area contributed by atoms with Gasteiger partial charge < -0.3 is 14.7 Å². The third-order valence-corrected chi connectivity index (χ3v) is 4.06. The van der Waals surface area contributed by atoms with E-state index >= 15 is 0 Å². The van der Waals surface area contributed by atoms with E-state index in [4.69, 9.17) is 4.52 Å². The molecule has 0 aliphatic carbocycles. The van der Waals surface area contributed by atoms with Crippen LogP contribution in [-0.4, -0.2) is 41.0 Å². The molecule has 1 aromatic heterocycles. The van der Waals surface area contributed by atoms with Crippen molar-refractivity contribution in [3.63, 3.8) is 0 Å². The van der Waals surface area contributed by atoms with Gasteiger partial charge in [0, 0.05) is 30.8 Å². The molecule has 1 fully saturated rings. The fraction of sp³-hybridized carbons (Fsp3) is 0.353. The van der Waals surface area contributed by atoms with Crippen LogP contribution in [-0.2, 0) is 0 Å². The smallest absolute Gasteiger partial charge is 0.292 e. The van der Waals surface area contributed by atoms with Gasteiger partial charge in [-0.25, -0.2) is 4.39 Å². The summed E-state index contributed by atoms with van der Waals surface area (Å²) in [7, 11) is 0. The van der Waals surface area contributed by atoms with Crippen LogP contribution in [0.5, 0.6) is 0 Å². The highest BCUT2D eigenvalue weighted by atomic mass is 19.1. The first kappa shape index (κ1) is 16.2. The first-order chi connectivity index (χ1) is 11.5. The summed E-state index contributed by atoms with van der Waals surface area (Å²) in [5.41, 5.74) is 1.09. The number of hydrogen-bond acceptors (Lipinski definition) is 4. The van der Waals surface area contributed by atoms with E-state index in [0.717, 1.165) is 0 Å². The minimum absolute atomic E-state index is 0.0111. The van der Waals surface area contributed by atoms with Crippen LogP contribution in [0, 0.1) is 12.7 Å². The lowest BCUT2D eigenvalue weighted by Gasteiger charge is -2.31. The molecular weight excluding hydrogens is 313 g/mol. The minimum Gasteiger partial charge on any atom is -0.351 e. The van der Waals surface area contributed by atoms with Gasteiger partial charge in [-0.05, 0) is 44.0 Å². The summed E-state index contributed by atoms with van der Waals surface area (Å²) in [5, 5.41) is 6.64. The average Bonchev–Trinajstić information content (AvgIpc) is 3.02. The van der Waals surface area contributed by atoms with Crippen molar-refractivity contribution in [3.8, 4) is 0 Å². The zero-order chi connectivity index (χ0) is 17.1. The Morgan fingerprint density at radius 3 is 2.50 bits per heavy atom. The highest BCUT2D eigenvalue weighted by molar-refractivity contribution is 5.94. The lowest BCUT2D eigenvalue weighted by Crippen LogP contribution is -2.46. The van der Waals surface area contributed by atoms with E-state index in [1.54, 1.807) is 17.9 Å². The van der Waals surface area contributed by atoms with Crippen molar-refractivity contribution in [1.82, 2.24) is 15.4 Å². The van der Waals surface area contributed by atoms with Gasteiger partial charge in [0.15, 0.2) is 0 Å². The van der Waals surface area contributed by atoms with Gasteiger partial charge in [0.25, 0.3) is 11.8 Å². The molecule has 1 aliphatic heterocycles. The molecule has 1 saturated heterocycles. The maximum Gasteiger partial charge on any atom is 0.292 e. The molecule has 126 valence electrons. The Morgan fingerprint density at radius 2 is 1.92 bits per heavy atom. The summed E-state index contributed by atoms with van der Waals surface area (Å²) in [4.78, 5) is 26.1. The molecule has 6 nitrogen and oxygen atoms in total. The standard InChI is InChI=1S/C17H18FN3O3/c1-11-10-15(24-20-11)17(23)21-8-6-14(7-9-21)19-16(22)12-2-4-13(18)5-3-12/h2-5,10,14H,6-9H2,1H3,(H,19,22). The summed E-state index contributed by atoms with van der Waals surface area (Å²) in [6.45, 7) is 2.83. The quantitative estimate of drug-likeness (QED) is 0.935. The molecule has 1 aromatic carbocycles. The van der Waals surface area contributed by atoms with E-state index in [9.17, 15) is 14.0 Å². The van der Waals surface area contributed by atoms with E-state index in [0.29, 0.717) is 37.2 Å². The lowest BCUT2D eigenvalue weighted by molar-refractivity contribution is 0.0658. The Balaban J connectivity index is 1.52. The number of hydrogen-bond donors (Lipinski definition) is 1. The van der Waals surface area contributed by atoms with Gasteiger partial charge in [-0.15, -0.1) is 0 Å². The first-order valence-electron chi connectivity index (χ1n) is 7.82. The number of amides is 2. The van der Waals surface area contributed by atoms with Crippen LogP contribution in [0.3, 0.4) is 0 Å². The topological polar surface area (TPSA) is 75.4 Å². The number of nitrogens with one attached hydrogen (secondary N) is 1. The number of nitrogens with zero attached hydrogens (tertiary/aromatic N) is 2. The highest BCUT2D eigenvalue weighted by Gasteiger charge is 2.26. The number of aromatic nitrogens is 1. The van der Waals surface area contributed by atoms with Crippen LogP contribution < -0.4 is 5.32 Å². The highest BCUT2D eigenvalue weighted by Crippen LogP contribution is 2.15. The molecular formula is C17H18FN3O3. The third kappa shape index (κ3) is 3.61. The summed E-state index contributed by atoms with van der Waals surface area (Å²) in [6, 6.07) is 7.03. The number of halogens is 1. The third-order valence-electron chi connectivity index (χ3n) is 4.06. The molecule has 1 N–H and O–H groups in total. The Labute approximate surface area is 138 Å². The van der Waals surface area contributed by atoms with Crippen molar-refractivity contribution in [2.75, 3.05) is 13.1 Å². The number of rotatable bonds is 3. The van der Waals surface area contributed by atoms with E-state index in [1.807, 2.05) is 0 Å². The molecule has 2 amide bonds. The van der Waals surface area contributed by atoms with Gasteiger partial charge in [-0.1, -0.05) is 5.16 Å². The predicted molar refractivity (Wildman–Crippen MR) is 84.0 cm³/mol. The largest absolute Gasteiger partial charge is 0.351 e. The van der Waals surface area contributed by atoms with Crippen molar-refractivity contribution in [3.05, 3.63) is 53.2 Å². The van der Waals surface area contributed by atoms with Crippen LogP contribution in [0.2, 0.25) is 0 Å². The van der Waals surface area contributed by atoms with Gasteiger partial charge in [-0.2, -0.15) is 0 Å². The van der Waals surface area contributed by atoms with Crippen molar-refractivity contribution in [1.29, 1.82) is 0 Å². The molecule has 3 rings (SSSR count). The molecule has 0 unspecified atom stereocenters. The number of aryl methyl sites for hydroxylation is 1. The second-order valence-corrected chi connectivity index (χ2v) is 5.88. The molecule has 0 radical (unpaired) electrons. The Bertz CT molecular complexity index is 734. The summed E-state index contributed by atoms with van der Waals surface area (Å²) < 4.78 is 17.9. The monoisotopic (exact) mass is 331 g/mol. The number of carbonyl (C=O) groups excluding carboxylic acids is 2. The first-order valence-corrected chi connectivity index (χ1v) is 7.82. The molecule has 2 heterocycles. The van der Waals surface area contributed by atoms with E-state index in [-0.39, 0.29) is 29.4 Å². The molecule has 0 atom stereocenters. The van der Waals surface area contributed by atoms with Crippen molar-refractivity contribution < 1.29 is 18.5 Å². The van der Waals surface area contributed by atoms with Gasteiger partial charge in [0.1, 0.15) is 5.82 Å². The normalized spacial score (nSPS) is 15.3. The van der Waals surface area contributed by atoms with Gasteiger partial charge >= 0.3 is 0 Å². The van der Waals surface area contributed by atoms with Crippen LogP contribution in [0.4, 0.5) is 4.39 Å². The van der Waals surface area contributed by atoms with E-state index in [1.165, 1.54) is 24.3 Å². The Kier molecular flexibility index (Phi) is 4.59. The summed E-state index contributed by atoms with van der Waals surface area (Å²) >= 11 is 0. The Hall–Kier alpha value is -2.70. The van der Waals surface area contributed by atoms with Crippen LogP contribution in [0.25, 0.3) is 0 Å². The summed E-state index contributed by atoms with van der Waals surface area (Å²) in [6.07, 6.45) is 1.32. The zero-order valence-corrected chi connectivity index (χ0v) is 13.3. The number of benzene rings is 1. The minimum atomic E-state index is -0.374. The van der Waals surface area contributed by atoms with Gasteiger partial charge in [-0.3, -0.25) is 9.59 Å². The van der Waals surface area contributed by atoms with Crippen LogP contribution in [0.1, 0.15) is 39.4 Å². The van der Waals surface area contributed by atoms with Crippen LogP contribution in [0.15, 0.2) is 34.9 Å². The Morgan fingerprint density at radius 1 is 1.25 bits per heavy atom. The molecule has 7 heteroatoms. The second kappa shape index (κ2) is 6.82. The molecule has 0 saturated carbocycles. The number of likely N-dealkylation sites (tertiary alicyclic amines) is 1. The molecule has 24 heavy (non-hydrogen) atoms. The fourth-order valence-corrected chi connectivity index (χ4v) is 2.72. The number of carbonyl (C=O) groups is 2. The second-order valence-electron chi connectivity index (χ2n) is 5.88. The van der Waals surface area contributed by atoms with Gasteiger partial charge in [0.2, 0.25) is 5.76 Å². The number of piperidine rings is 1. The SMILES string of the molecule is Cc1cc(C(=O)N2CCC(NC(=O)c3ccc(F)cc3)CC2)on1. The van der Waals surface area contributed by atoms with Crippen molar-refractivity contribution >= 4 is 11.8 Å². The maximum atomic E-state index is 12.9. The average molecular weight is 331 g/mol.